The second-order valence-electron chi connectivity index (χ2n) is 5.62. The molecule has 2 aromatic carbocycles. The van der Waals surface area contributed by atoms with Gasteiger partial charge in [-0.3, -0.25) is 10.1 Å². The molecule has 0 aromatic heterocycles. The number of hydrogen-bond acceptors (Lipinski definition) is 7. The number of nitriles is 1. The van der Waals surface area contributed by atoms with Gasteiger partial charge in [0.15, 0.2) is 18.1 Å². The lowest BCUT2D eigenvalue weighted by Gasteiger charge is -2.12. The van der Waals surface area contributed by atoms with Gasteiger partial charge >= 0.3 is 5.97 Å². The van der Waals surface area contributed by atoms with Crippen molar-refractivity contribution in [2.75, 3.05) is 13.7 Å². The SMILES string of the molecule is COc1cc(/C=C/C(=O)O[C@@H](C)c2cccc([N+](=O)[O-])c2)ccc1OCC#N. The summed E-state index contributed by atoms with van der Waals surface area (Å²) in [6.07, 6.45) is 2.14. The normalized spacial score (nSPS) is 11.5. The Morgan fingerprint density at radius 2 is 2.07 bits per heavy atom. The lowest BCUT2D eigenvalue weighted by molar-refractivity contribution is -0.385. The third-order valence-electron chi connectivity index (χ3n) is 3.74. The Kier molecular flexibility index (Phi) is 7.11. The molecule has 144 valence electrons. The number of methoxy groups -OCH3 is 1. The van der Waals surface area contributed by atoms with Gasteiger partial charge in [-0.05, 0) is 36.3 Å². The molecule has 28 heavy (non-hydrogen) atoms. The summed E-state index contributed by atoms with van der Waals surface area (Å²) in [5, 5.41) is 19.4. The van der Waals surface area contributed by atoms with Crippen LogP contribution in [0, 0.1) is 21.4 Å². The average Bonchev–Trinajstić information content (AvgIpc) is 2.70. The number of rotatable bonds is 8. The predicted octanol–water partition coefficient (Wildman–Crippen LogP) is 3.82. The van der Waals surface area contributed by atoms with Crippen LogP contribution in [-0.4, -0.2) is 24.6 Å². The molecule has 2 aromatic rings. The second-order valence-corrected chi connectivity index (χ2v) is 5.62. The fourth-order valence-electron chi connectivity index (χ4n) is 2.35. The number of ether oxygens (including phenoxy) is 3. The van der Waals surface area contributed by atoms with E-state index < -0.39 is 17.0 Å². The minimum Gasteiger partial charge on any atom is -0.493 e. The van der Waals surface area contributed by atoms with E-state index in [4.69, 9.17) is 19.5 Å². The molecular formula is C20H18N2O6. The maximum atomic E-state index is 12.0. The number of non-ortho nitro benzene ring substituents is 1. The molecule has 8 nitrogen and oxygen atoms in total. The highest BCUT2D eigenvalue weighted by atomic mass is 16.6. The average molecular weight is 382 g/mol. The van der Waals surface area contributed by atoms with Crippen molar-refractivity contribution >= 4 is 17.7 Å². The molecule has 0 N–H and O–H groups in total. The number of nitro benzene ring substituents is 1. The molecule has 0 aliphatic carbocycles. The molecule has 8 heteroatoms. The van der Waals surface area contributed by atoms with Crippen molar-refractivity contribution in [1.29, 1.82) is 5.26 Å². The minimum absolute atomic E-state index is 0.0678. The van der Waals surface area contributed by atoms with Crippen molar-refractivity contribution in [1.82, 2.24) is 0 Å². The first-order valence-corrected chi connectivity index (χ1v) is 8.25. The number of benzene rings is 2. The molecule has 0 fully saturated rings. The van der Waals surface area contributed by atoms with Crippen LogP contribution in [0.25, 0.3) is 6.08 Å². The van der Waals surface area contributed by atoms with E-state index in [0.29, 0.717) is 22.6 Å². The van der Waals surface area contributed by atoms with Crippen LogP contribution in [0.1, 0.15) is 24.2 Å². The fraction of sp³-hybridized carbons (Fsp3) is 0.200. The van der Waals surface area contributed by atoms with Gasteiger partial charge in [0.2, 0.25) is 0 Å². The lowest BCUT2D eigenvalue weighted by Crippen LogP contribution is -2.06. The summed E-state index contributed by atoms with van der Waals surface area (Å²) in [6, 6.07) is 12.8. The quantitative estimate of drug-likeness (QED) is 0.295. The summed E-state index contributed by atoms with van der Waals surface area (Å²) in [5.74, 6) is 0.251. The number of nitro groups is 1. The first-order chi connectivity index (χ1) is 13.4. The molecule has 0 heterocycles. The van der Waals surface area contributed by atoms with E-state index in [1.807, 2.05) is 6.07 Å². The monoisotopic (exact) mass is 382 g/mol. The van der Waals surface area contributed by atoms with Crippen LogP contribution >= 0.6 is 0 Å². The van der Waals surface area contributed by atoms with Crippen LogP contribution in [0.15, 0.2) is 48.5 Å². The Bertz CT molecular complexity index is 933. The van der Waals surface area contributed by atoms with Gasteiger partial charge in [-0.15, -0.1) is 0 Å². The van der Waals surface area contributed by atoms with Crippen LogP contribution in [0.5, 0.6) is 11.5 Å². The van der Waals surface area contributed by atoms with Gasteiger partial charge in [-0.25, -0.2) is 4.79 Å². The zero-order valence-electron chi connectivity index (χ0n) is 15.3. The summed E-state index contributed by atoms with van der Waals surface area (Å²) in [6.45, 7) is 1.53. The Balaban J connectivity index is 2.04. The fourth-order valence-corrected chi connectivity index (χ4v) is 2.35. The van der Waals surface area contributed by atoms with Crippen LogP contribution in [0.4, 0.5) is 5.69 Å². The Hall–Kier alpha value is -3.86. The Morgan fingerprint density at radius 1 is 1.29 bits per heavy atom. The number of nitrogens with zero attached hydrogens (tertiary/aromatic N) is 2. The van der Waals surface area contributed by atoms with Crippen molar-refractivity contribution in [2.45, 2.75) is 13.0 Å². The first-order valence-electron chi connectivity index (χ1n) is 8.25. The lowest BCUT2D eigenvalue weighted by atomic mass is 10.1. The van der Waals surface area contributed by atoms with Crippen molar-refractivity contribution in [2.24, 2.45) is 0 Å². The van der Waals surface area contributed by atoms with Crippen LogP contribution in [-0.2, 0) is 9.53 Å². The summed E-state index contributed by atoms with van der Waals surface area (Å²) in [4.78, 5) is 22.4. The van der Waals surface area contributed by atoms with E-state index >= 15 is 0 Å². The summed E-state index contributed by atoms with van der Waals surface area (Å²) < 4.78 is 15.7. The highest BCUT2D eigenvalue weighted by molar-refractivity contribution is 5.87. The van der Waals surface area contributed by atoms with E-state index in [9.17, 15) is 14.9 Å². The standard InChI is InChI=1S/C20H18N2O6/c1-14(16-4-3-5-17(13-16)22(24)25)28-20(23)9-7-15-6-8-18(27-11-10-21)19(12-15)26-2/h3-9,12-14H,11H2,1-2H3/b9-7+/t14-/m0/s1. The molecule has 0 radical (unpaired) electrons. The molecule has 2 rings (SSSR count). The molecule has 0 amide bonds. The summed E-state index contributed by atoms with van der Waals surface area (Å²) in [7, 11) is 1.47. The van der Waals surface area contributed by atoms with Crippen molar-refractivity contribution in [3.8, 4) is 17.6 Å². The molecule has 0 aliphatic rings. The van der Waals surface area contributed by atoms with Gasteiger partial charge in [-0.1, -0.05) is 18.2 Å². The van der Waals surface area contributed by atoms with Gasteiger partial charge in [0.05, 0.1) is 12.0 Å². The van der Waals surface area contributed by atoms with Gasteiger partial charge < -0.3 is 14.2 Å². The maximum absolute atomic E-state index is 12.0. The topological polar surface area (TPSA) is 112 Å². The van der Waals surface area contributed by atoms with E-state index in [1.165, 1.54) is 31.4 Å². The van der Waals surface area contributed by atoms with Gasteiger partial charge in [-0.2, -0.15) is 5.26 Å². The minimum atomic E-state index is -0.645. The molecular weight excluding hydrogens is 364 g/mol. The van der Waals surface area contributed by atoms with Crippen LogP contribution < -0.4 is 9.47 Å². The van der Waals surface area contributed by atoms with E-state index in [-0.39, 0.29) is 12.3 Å². The highest BCUT2D eigenvalue weighted by Gasteiger charge is 2.14. The van der Waals surface area contributed by atoms with Crippen molar-refractivity contribution in [3.63, 3.8) is 0 Å². The van der Waals surface area contributed by atoms with E-state index in [2.05, 4.69) is 0 Å². The predicted molar refractivity (Wildman–Crippen MR) is 101 cm³/mol. The van der Waals surface area contributed by atoms with Gasteiger partial charge in [0, 0.05) is 18.2 Å². The Morgan fingerprint density at radius 3 is 2.75 bits per heavy atom. The summed E-state index contributed by atoms with van der Waals surface area (Å²) >= 11 is 0. The van der Waals surface area contributed by atoms with Gasteiger partial charge in [0.25, 0.3) is 5.69 Å². The number of carbonyl (C=O) groups is 1. The first kappa shape index (κ1) is 20.5. The second kappa shape index (κ2) is 9.73. The zero-order chi connectivity index (χ0) is 20.5. The van der Waals surface area contributed by atoms with E-state index in [1.54, 1.807) is 37.3 Å². The number of esters is 1. The smallest absolute Gasteiger partial charge is 0.331 e. The zero-order valence-corrected chi connectivity index (χ0v) is 15.3. The molecule has 0 saturated heterocycles. The molecule has 0 unspecified atom stereocenters. The Labute approximate surface area is 161 Å². The van der Waals surface area contributed by atoms with Crippen LogP contribution in [0.2, 0.25) is 0 Å². The maximum Gasteiger partial charge on any atom is 0.331 e. The van der Waals surface area contributed by atoms with Crippen LogP contribution in [0.3, 0.4) is 0 Å². The summed E-state index contributed by atoms with van der Waals surface area (Å²) in [5.41, 5.74) is 1.12. The third kappa shape index (κ3) is 5.57. The molecule has 0 spiro atoms. The van der Waals surface area contributed by atoms with Crippen molar-refractivity contribution in [3.05, 3.63) is 69.8 Å². The number of hydrogen-bond donors (Lipinski definition) is 0. The molecule has 1 atom stereocenters. The van der Waals surface area contributed by atoms with Gasteiger partial charge in [0.1, 0.15) is 12.2 Å². The third-order valence-corrected chi connectivity index (χ3v) is 3.74. The number of carbonyl (C=O) groups excluding carboxylic acids is 1. The molecule has 0 saturated carbocycles. The van der Waals surface area contributed by atoms with E-state index in [0.717, 1.165) is 0 Å². The molecule has 0 aliphatic heterocycles. The highest BCUT2D eigenvalue weighted by Crippen LogP contribution is 2.28. The van der Waals surface area contributed by atoms with Crippen molar-refractivity contribution < 1.29 is 23.9 Å². The molecule has 0 bridgehead atoms. The largest absolute Gasteiger partial charge is 0.493 e.